The van der Waals surface area contributed by atoms with E-state index in [4.69, 9.17) is 15.6 Å². The van der Waals surface area contributed by atoms with Gasteiger partial charge in [-0.05, 0) is 39.8 Å². The summed E-state index contributed by atoms with van der Waals surface area (Å²) in [6.07, 6.45) is 6.31. The van der Waals surface area contributed by atoms with Gasteiger partial charge in [0.05, 0.1) is 19.8 Å². The molecule has 0 unspecified atom stereocenters. The van der Waals surface area contributed by atoms with Crippen LogP contribution >= 0.6 is 15.9 Å². The number of ether oxygens (including phenoxy) is 3. The van der Waals surface area contributed by atoms with Gasteiger partial charge >= 0.3 is 17.9 Å². The fourth-order valence-corrected chi connectivity index (χ4v) is 2.37. The Morgan fingerprint density at radius 1 is 0.946 bits per heavy atom. The van der Waals surface area contributed by atoms with Gasteiger partial charge in [-0.2, -0.15) is 4.98 Å². The minimum Gasteiger partial charge on any atom is -0.492 e. The molecule has 0 radical (unpaired) electrons. The number of aliphatic hydroxyl groups excluding tert-OH is 1. The number of hydrogen-bond donors (Lipinski definition) is 3. The lowest BCUT2D eigenvalue weighted by Crippen LogP contribution is -2.28. The third-order valence-corrected chi connectivity index (χ3v) is 4.17. The second-order valence-electron chi connectivity index (χ2n) is 6.08. The Bertz CT molecular complexity index is 1070. The van der Waals surface area contributed by atoms with Crippen molar-refractivity contribution in [3.63, 3.8) is 0 Å². The van der Waals surface area contributed by atoms with Gasteiger partial charge in [0.1, 0.15) is 0 Å². The van der Waals surface area contributed by atoms with Gasteiger partial charge in [-0.25, -0.2) is 19.7 Å². The molecular weight excluding hydrogens is 556 g/mol. The quantitative estimate of drug-likeness (QED) is 0.162. The van der Waals surface area contributed by atoms with Crippen LogP contribution in [-0.4, -0.2) is 83.7 Å². The third-order valence-electron chi connectivity index (χ3n) is 3.43. The average molecular weight is 587 g/mol. The van der Waals surface area contributed by atoms with Crippen LogP contribution in [0.1, 0.15) is 38.2 Å². The second-order valence-corrected chi connectivity index (χ2v) is 7.00. The number of nitrogen functional groups attached to an aromatic ring is 1. The number of imidazole rings is 1. The first-order chi connectivity index (χ1) is 17.7. The number of aliphatic hydroxyl groups is 1. The van der Waals surface area contributed by atoms with Gasteiger partial charge in [-0.3, -0.25) is 14.0 Å². The molecule has 0 atom stereocenters. The van der Waals surface area contributed by atoms with E-state index in [1.165, 1.54) is 10.6 Å². The minimum atomic E-state index is -1.00. The topological polar surface area (TPSA) is 201 Å². The normalized spacial score (nSPS) is 9.49. The summed E-state index contributed by atoms with van der Waals surface area (Å²) in [4.78, 5) is 47.2. The van der Waals surface area contributed by atoms with Gasteiger partial charge in [0, 0.05) is 31.4 Å². The van der Waals surface area contributed by atoms with Crippen molar-refractivity contribution in [1.82, 2.24) is 24.3 Å². The largest absolute Gasteiger partial charge is 0.492 e. The van der Waals surface area contributed by atoms with Crippen LogP contribution in [-0.2, 0) is 23.8 Å². The van der Waals surface area contributed by atoms with Crippen LogP contribution in [0.2, 0.25) is 0 Å². The van der Waals surface area contributed by atoms with Crippen molar-refractivity contribution in [1.29, 1.82) is 0 Å². The number of aromatic hydroxyl groups is 1. The standard InChI is InChI=1S/C9H9N3O3.C7H11BrO4.C4H5N3.C2H6O/c1-2-15-8(14)6-7(13)11-9-10-4-3-5-12(6)9;1-3-11-6(9)5(8)7(10)12-4-2;5-4-6-2-1-3-7-4;1-2-3/h3-5,13H,2H2,1H3;5H,3-4H2,1-2H3;1-3H,(H2,5,6,7);3H,2H2,1H3. The number of halogens is 1. The summed E-state index contributed by atoms with van der Waals surface area (Å²) in [7, 11) is 0. The van der Waals surface area contributed by atoms with E-state index < -0.39 is 22.7 Å². The highest BCUT2D eigenvalue weighted by Crippen LogP contribution is 2.17. The van der Waals surface area contributed by atoms with Crippen molar-refractivity contribution < 1.29 is 38.8 Å². The van der Waals surface area contributed by atoms with E-state index >= 15 is 0 Å². The monoisotopic (exact) mass is 586 g/mol. The SMILES string of the molecule is CCO.CCOC(=O)C(Br)C(=O)OCC.CCOC(=O)c1c(O)nc2ncccn12.Nc1ncccn1. The van der Waals surface area contributed by atoms with E-state index in [0.29, 0.717) is 5.95 Å². The molecule has 0 aromatic carbocycles. The van der Waals surface area contributed by atoms with Gasteiger partial charge in [0.25, 0.3) is 0 Å². The lowest BCUT2D eigenvalue weighted by Gasteiger charge is -2.07. The van der Waals surface area contributed by atoms with Crippen LogP contribution in [0, 0.1) is 0 Å². The molecule has 0 aliphatic rings. The van der Waals surface area contributed by atoms with E-state index in [9.17, 15) is 19.5 Å². The van der Waals surface area contributed by atoms with Crippen molar-refractivity contribution in [3.05, 3.63) is 42.6 Å². The smallest absolute Gasteiger partial charge is 0.361 e. The molecule has 4 N–H and O–H groups in total. The molecule has 15 heteroatoms. The van der Waals surface area contributed by atoms with Crippen molar-refractivity contribution >= 4 is 45.6 Å². The number of aromatic nitrogens is 5. The fraction of sp³-hybridized carbons (Fsp3) is 0.409. The zero-order chi connectivity index (χ0) is 28.2. The first-order valence-corrected chi connectivity index (χ1v) is 11.9. The predicted molar refractivity (Wildman–Crippen MR) is 136 cm³/mol. The first kappa shape index (κ1) is 33.1. The first-order valence-electron chi connectivity index (χ1n) is 11.0. The Hall–Kier alpha value is -3.85. The maximum absolute atomic E-state index is 11.5. The molecule has 0 aliphatic heterocycles. The average Bonchev–Trinajstić information content (AvgIpc) is 3.21. The molecule has 0 saturated heterocycles. The molecule has 204 valence electrons. The van der Waals surface area contributed by atoms with Crippen molar-refractivity contribution in [3.8, 4) is 5.88 Å². The molecular formula is C22H31BrN6O8. The van der Waals surface area contributed by atoms with E-state index in [1.807, 2.05) is 0 Å². The van der Waals surface area contributed by atoms with Gasteiger partial charge in [0.2, 0.25) is 22.4 Å². The number of nitrogens with zero attached hydrogens (tertiary/aromatic N) is 5. The van der Waals surface area contributed by atoms with Crippen LogP contribution in [0.25, 0.3) is 5.78 Å². The number of carbonyl (C=O) groups excluding carboxylic acids is 3. The van der Waals surface area contributed by atoms with Crippen LogP contribution in [0.5, 0.6) is 5.88 Å². The summed E-state index contributed by atoms with van der Waals surface area (Å²) in [5.41, 5.74) is 5.14. The predicted octanol–water partition coefficient (Wildman–Crippen LogP) is 1.55. The maximum Gasteiger partial charge on any atom is 0.361 e. The summed E-state index contributed by atoms with van der Waals surface area (Å²) >= 11 is 2.86. The zero-order valence-electron chi connectivity index (χ0n) is 20.9. The lowest BCUT2D eigenvalue weighted by atomic mass is 10.4. The third kappa shape index (κ3) is 12.6. The number of hydrogen-bond acceptors (Lipinski definition) is 13. The summed E-state index contributed by atoms with van der Waals surface area (Å²) < 4.78 is 15.3. The highest BCUT2D eigenvalue weighted by atomic mass is 79.9. The Kier molecular flexibility index (Phi) is 17.3. The van der Waals surface area contributed by atoms with Gasteiger partial charge < -0.3 is 30.2 Å². The fourth-order valence-electron chi connectivity index (χ4n) is 2.10. The van der Waals surface area contributed by atoms with E-state index in [2.05, 4.69) is 45.3 Å². The number of anilines is 1. The number of alkyl halides is 1. The Morgan fingerprint density at radius 2 is 1.43 bits per heavy atom. The van der Waals surface area contributed by atoms with Crippen LogP contribution in [0.4, 0.5) is 5.95 Å². The number of rotatable bonds is 6. The molecule has 3 aromatic heterocycles. The molecule has 3 rings (SSSR count). The summed E-state index contributed by atoms with van der Waals surface area (Å²) in [5, 5.41) is 17.0. The number of fused-ring (bicyclic) bond motifs is 1. The van der Waals surface area contributed by atoms with Gasteiger partial charge in [-0.1, -0.05) is 15.9 Å². The van der Waals surface area contributed by atoms with Crippen LogP contribution < -0.4 is 5.73 Å². The highest BCUT2D eigenvalue weighted by molar-refractivity contribution is 9.10. The minimum absolute atomic E-state index is 0.0000463. The summed E-state index contributed by atoms with van der Waals surface area (Å²) in [6, 6.07) is 3.35. The summed E-state index contributed by atoms with van der Waals surface area (Å²) in [5.74, 6) is -1.63. The van der Waals surface area contributed by atoms with Crippen LogP contribution in [0.3, 0.4) is 0 Å². The maximum atomic E-state index is 11.5. The van der Waals surface area contributed by atoms with Crippen molar-refractivity contribution in [2.45, 2.75) is 32.5 Å². The molecule has 0 amide bonds. The highest BCUT2D eigenvalue weighted by Gasteiger charge is 2.25. The molecule has 14 nitrogen and oxygen atoms in total. The number of nitrogens with two attached hydrogens (primary N) is 1. The molecule has 0 aliphatic carbocycles. The molecule has 0 spiro atoms. The van der Waals surface area contributed by atoms with E-state index in [0.717, 1.165) is 0 Å². The molecule has 3 aromatic rings. The van der Waals surface area contributed by atoms with E-state index in [1.54, 1.807) is 58.4 Å². The number of esters is 3. The van der Waals surface area contributed by atoms with E-state index in [-0.39, 0.29) is 43.8 Å². The number of carbonyl (C=O) groups is 3. The molecule has 37 heavy (non-hydrogen) atoms. The molecule has 0 saturated carbocycles. The van der Waals surface area contributed by atoms with Gasteiger partial charge in [-0.15, -0.1) is 0 Å². The molecule has 0 fully saturated rings. The zero-order valence-corrected chi connectivity index (χ0v) is 22.5. The second kappa shape index (κ2) is 19.4. The lowest BCUT2D eigenvalue weighted by molar-refractivity contribution is -0.152. The van der Waals surface area contributed by atoms with Gasteiger partial charge in [0.15, 0.2) is 5.69 Å². The molecule has 3 heterocycles. The molecule has 0 bridgehead atoms. The van der Waals surface area contributed by atoms with Crippen LogP contribution in [0.15, 0.2) is 36.9 Å². The Balaban J connectivity index is 0.000000525. The Morgan fingerprint density at radius 3 is 1.86 bits per heavy atom. The van der Waals surface area contributed by atoms with Crippen molar-refractivity contribution in [2.24, 2.45) is 0 Å². The Labute approximate surface area is 222 Å². The summed E-state index contributed by atoms with van der Waals surface area (Å²) in [6.45, 7) is 7.70. The van der Waals surface area contributed by atoms with Crippen molar-refractivity contribution in [2.75, 3.05) is 32.2 Å².